The Hall–Kier alpha value is -5.53. The number of methoxy groups -OCH3 is 2. The molecule has 272 valence electrons. The van der Waals surface area contributed by atoms with Crippen molar-refractivity contribution in [2.24, 2.45) is 0 Å². The number of rotatable bonds is 13. The molecule has 0 aliphatic carbocycles. The third kappa shape index (κ3) is 7.96. The van der Waals surface area contributed by atoms with E-state index in [1.165, 1.54) is 18.2 Å². The lowest BCUT2D eigenvalue weighted by Crippen LogP contribution is -2.49. The van der Waals surface area contributed by atoms with Crippen molar-refractivity contribution in [3.8, 4) is 35.7 Å². The van der Waals surface area contributed by atoms with Crippen LogP contribution in [-0.4, -0.2) is 97.5 Å². The first-order valence-corrected chi connectivity index (χ1v) is 17.7. The number of terminal acetylenes is 1. The van der Waals surface area contributed by atoms with Crippen molar-refractivity contribution >= 4 is 63.2 Å². The fraction of sp³-hybridized carbons (Fsp3) is 0.308. The van der Waals surface area contributed by atoms with Gasteiger partial charge in [-0.05, 0) is 43.2 Å². The van der Waals surface area contributed by atoms with Crippen molar-refractivity contribution in [2.75, 3.05) is 65.4 Å². The highest BCUT2D eigenvalue weighted by Gasteiger charge is 2.35. The molecule has 1 aromatic heterocycles. The number of piperazine rings is 1. The molecule has 0 unspecified atom stereocenters. The van der Waals surface area contributed by atoms with Gasteiger partial charge < -0.3 is 24.4 Å². The summed E-state index contributed by atoms with van der Waals surface area (Å²) in [4.78, 5) is 48.3. The molecule has 1 fully saturated rings. The summed E-state index contributed by atoms with van der Waals surface area (Å²) in [6.45, 7) is 4.03. The summed E-state index contributed by atoms with van der Waals surface area (Å²) in [5.41, 5.74) is 3.09. The van der Waals surface area contributed by atoms with Crippen LogP contribution in [0.4, 0.5) is 11.4 Å². The van der Waals surface area contributed by atoms with Gasteiger partial charge in [0.2, 0.25) is 5.91 Å². The molecule has 1 saturated heterocycles. The van der Waals surface area contributed by atoms with Gasteiger partial charge >= 0.3 is 0 Å². The Balaban J connectivity index is 0.981. The van der Waals surface area contributed by atoms with E-state index in [2.05, 4.69) is 27.2 Å². The molecule has 2 aliphatic rings. The van der Waals surface area contributed by atoms with Gasteiger partial charge in [0, 0.05) is 75.0 Å². The van der Waals surface area contributed by atoms with Gasteiger partial charge in [-0.1, -0.05) is 29.1 Å². The molecule has 53 heavy (non-hydrogen) atoms. The van der Waals surface area contributed by atoms with Crippen molar-refractivity contribution < 1.29 is 28.6 Å². The van der Waals surface area contributed by atoms with Gasteiger partial charge in [0.05, 0.1) is 64.5 Å². The Morgan fingerprint density at radius 3 is 2.40 bits per heavy atom. The Bertz CT molecular complexity index is 2170. The molecule has 1 N–H and O–H groups in total. The third-order valence-electron chi connectivity index (χ3n) is 9.29. The zero-order valence-corrected chi connectivity index (χ0v) is 30.7. The standard InChI is InChI=1S/C39H36Cl2N6O6/c1-4-24-8-9-26-27(17-24)39(50)47(38(26)49)11-5-7-36(48)46-14-12-45(13-15-46)10-6-16-53-35-20-31-28(18-34(35)52-3)37(25(22-42)23-43-31)44-32-21-33(51-2)30(41)19-29(32)40/h1,8-9,17-21,23H,5-7,10-16H2,2-3H3,(H,43,44). The second kappa shape index (κ2) is 16.4. The molecule has 3 heterocycles. The fourth-order valence-electron chi connectivity index (χ4n) is 6.43. The van der Waals surface area contributed by atoms with E-state index in [0.717, 1.165) is 26.1 Å². The molecule has 12 nitrogen and oxygen atoms in total. The van der Waals surface area contributed by atoms with Crippen LogP contribution in [0.2, 0.25) is 10.0 Å². The van der Waals surface area contributed by atoms with E-state index in [9.17, 15) is 19.6 Å². The van der Waals surface area contributed by atoms with Gasteiger partial charge in [0.15, 0.2) is 11.5 Å². The maximum atomic E-state index is 12.9. The predicted octanol–water partition coefficient (Wildman–Crippen LogP) is 6.14. The highest BCUT2D eigenvalue weighted by molar-refractivity contribution is 6.37. The molecule has 0 radical (unpaired) electrons. The monoisotopic (exact) mass is 754 g/mol. The molecule has 3 amide bonds. The van der Waals surface area contributed by atoms with Gasteiger partial charge in [-0.25, -0.2) is 0 Å². The number of ether oxygens (including phenoxy) is 3. The summed E-state index contributed by atoms with van der Waals surface area (Å²) >= 11 is 12.7. The van der Waals surface area contributed by atoms with Crippen LogP contribution in [0, 0.1) is 23.7 Å². The lowest BCUT2D eigenvalue weighted by molar-refractivity contribution is -0.133. The summed E-state index contributed by atoms with van der Waals surface area (Å²) in [6.07, 6.45) is 8.30. The lowest BCUT2D eigenvalue weighted by atomic mass is 10.1. The zero-order chi connectivity index (χ0) is 37.6. The number of hydrogen-bond donors (Lipinski definition) is 1. The van der Waals surface area contributed by atoms with Crippen molar-refractivity contribution in [2.45, 2.75) is 19.3 Å². The molecule has 4 aromatic rings. The first-order valence-electron chi connectivity index (χ1n) is 17.0. The Morgan fingerprint density at radius 2 is 1.68 bits per heavy atom. The SMILES string of the molecule is C#Cc1ccc2c(c1)C(=O)N(CCCC(=O)N1CCN(CCCOc3cc4ncc(C#N)c(Nc5cc(OC)c(Cl)cc5Cl)c4cc3OC)CC1)C2=O. The number of fused-ring (bicyclic) bond motifs is 2. The minimum Gasteiger partial charge on any atom is -0.495 e. The van der Waals surface area contributed by atoms with Crippen molar-refractivity contribution in [1.82, 2.24) is 19.7 Å². The number of nitrogens with one attached hydrogen (secondary N) is 1. The van der Waals surface area contributed by atoms with E-state index < -0.39 is 0 Å². The number of anilines is 2. The number of benzene rings is 3. The topological polar surface area (TPSA) is 137 Å². The summed E-state index contributed by atoms with van der Waals surface area (Å²) in [7, 11) is 3.05. The summed E-state index contributed by atoms with van der Waals surface area (Å²) in [6, 6.07) is 13.7. The van der Waals surface area contributed by atoms with Crippen LogP contribution < -0.4 is 19.5 Å². The Morgan fingerprint density at radius 1 is 0.925 bits per heavy atom. The maximum absolute atomic E-state index is 12.9. The molecular weight excluding hydrogens is 719 g/mol. The van der Waals surface area contributed by atoms with E-state index in [1.807, 2.05) is 4.90 Å². The maximum Gasteiger partial charge on any atom is 0.261 e. The second-order valence-corrected chi connectivity index (χ2v) is 13.3. The van der Waals surface area contributed by atoms with Gasteiger partial charge in [-0.2, -0.15) is 5.26 Å². The number of nitrogens with zero attached hydrogens (tertiary/aromatic N) is 5. The minimum atomic E-state index is -0.374. The molecule has 2 aliphatic heterocycles. The van der Waals surface area contributed by atoms with Gasteiger partial charge in [-0.3, -0.25) is 29.2 Å². The average molecular weight is 756 g/mol. The molecule has 0 bridgehead atoms. The Labute approximate surface area is 317 Å². The minimum absolute atomic E-state index is 0.00690. The van der Waals surface area contributed by atoms with Crippen molar-refractivity contribution in [3.63, 3.8) is 0 Å². The van der Waals surface area contributed by atoms with Crippen molar-refractivity contribution in [3.05, 3.63) is 81.0 Å². The van der Waals surface area contributed by atoms with E-state index in [-0.39, 0.29) is 30.7 Å². The number of carbonyl (C=O) groups is 3. The van der Waals surface area contributed by atoms with Crippen LogP contribution in [0.15, 0.2) is 48.7 Å². The number of hydrogen-bond acceptors (Lipinski definition) is 10. The first kappa shape index (κ1) is 37.2. The van der Waals surface area contributed by atoms with Gasteiger partial charge in [0.1, 0.15) is 11.8 Å². The molecule has 14 heteroatoms. The number of halogens is 2. The van der Waals surface area contributed by atoms with Crippen molar-refractivity contribution in [1.29, 1.82) is 5.26 Å². The van der Waals surface area contributed by atoms with Crippen LogP contribution in [-0.2, 0) is 4.79 Å². The van der Waals surface area contributed by atoms with E-state index in [1.54, 1.807) is 49.6 Å². The molecule has 6 rings (SSSR count). The highest BCUT2D eigenvalue weighted by Crippen LogP contribution is 2.40. The Kier molecular flexibility index (Phi) is 11.5. The molecule has 0 atom stereocenters. The number of imide groups is 1. The number of aromatic nitrogens is 1. The highest BCUT2D eigenvalue weighted by atomic mass is 35.5. The normalized spacial score (nSPS) is 14.2. The first-order chi connectivity index (χ1) is 25.6. The largest absolute Gasteiger partial charge is 0.495 e. The number of nitriles is 1. The van der Waals surface area contributed by atoms with E-state index in [4.69, 9.17) is 43.8 Å². The van der Waals surface area contributed by atoms with Crippen LogP contribution in [0.1, 0.15) is 51.1 Å². The van der Waals surface area contributed by atoms with Gasteiger partial charge in [-0.15, -0.1) is 6.42 Å². The summed E-state index contributed by atoms with van der Waals surface area (Å²) in [5, 5.41) is 14.4. The third-order valence-corrected chi connectivity index (χ3v) is 9.89. The van der Waals surface area contributed by atoms with Gasteiger partial charge in [0.25, 0.3) is 11.8 Å². The molecule has 3 aromatic carbocycles. The number of carbonyl (C=O) groups excluding carboxylic acids is 3. The summed E-state index contributed by atoms with van der Waals surface area (Å²) in [5.74, 6) is 3.18. The molecule has 0 saturated carbocycles. The quantitative estimate of drug-likeness (QED) is 0.0962. The molecular formula is C39H36Cl2N6O6. The molecule has 0 spiro atoms. The van der Waals surface area contributed by atoms with Crippen LogP contribution in [0.5, 0.6) is 17.2 Å². The fourth-order valence-corrected chi connectivity index (χ4v) is 6.94. The number of amides is 3. The number of pyridine rings is 1. The predicted molar refractivity (Wildman–Crippen MR) is 201 cm³/mol. The second-order valence-electron chi connectivity index (χ2n) is 12.5. The smallest absolute Gasteiger partial charge is 0.261 e. The average Bonchev–Trinajstić information content (AvgIpc) is 3.41. The van der Waals surface area contributed by atoms with Crippen LogP contribution >= 0.6 is 23.2 Å². The zero-order valence-electron chi connectivity index (χ0n) is 29.2. The lowest BCUT2D eigenvalue weighted by Gasteiger charge is -2.34. The van der Waals surface area contributed by atoms with Crippen LogP contribution in [0.3, 0.4) is 0 Å². The summed E-state index contributed by atoms with van der Waals surface area (Å²) < 4.78 is 17.1. The van der Waals surface area contributed by atoms with E-state index >= 15 is 0 Å². The van der Waals surface area contributed by atoms with Crippen LogP contribution in [0.25, 0.3) is 10.9 Å². The van der Waals surface area contributed by atoms with E-state index in [0.29, 0.717) is 97.9 Å².